The molecule has 98 valence electrons. The molecule has 1 unspecified atom stereocenters. The number of primary amides is 1. The first-order chi connectivity index (χ1) is 7.94. The lowest BCUT2D eigenvalue weighted by Crippen LogP contribution is -2.62. The van der Waals surface area contributed by atoms with E-state index < -0.39 is 17.6 Å². The van der Waals surface area contributed by atoms with Crippen molar-refractivity contribution in [2.45, 2.75) is 51.7 Å². The highest BCUT2D eigenvalue weighted by atomic mass is 16.5. The molecule has 0 aromatic heterocycles. The number of nitrogens with one attached hydrogen (secondary N) is 1. The maximum atomic E-state index is 12.0. The van der Waals surface area contributed by atoms with E-state index in [1.54, 1.807) is 0 Å². The Balaban J connectivity index is 2.78. The van der Waals surface area contributed by atoms with Crippen LogP contribution >= 0.6 is 0 Å². The molecule has 0 aromatic carbocycles. The number of rotatable bonds is 5. The van der Waals surface area contributed by atoms with Crippen LogP contribution in [-0.2, 0) is 14.3 Å². The Kier molecular flexibility index (Phi) is 4.51. The highest BCUT2D eigenvalue weighted by Gasteiger charge is 2.41. The van der Waals surface area contributed by atoms with Crippen LogP contribution in [0.25, 0.3) is 0 Å². The van der Waals surface area contributed by atoms with Gasteiger partial charge in [0.1, 0.15) is 11.6 Å². The van der Waals surface area contributed by atoms with Gasteiger partial charge in [-0.1, -0.05) is 20.8 Å². The van der Waals surface area contributed by atoms with E-state index in [0.29, 0.717) is 19.4 Å². The average molecular weight is 242 g/mol. The number of carbonyl (C=O) groups excluding carboxylic acids is 2. The third kappa shape index (κ3) is 2.77. The molecular weight excluding hydrogens is 220 g/mol. The van der Waals surface area contributed by atoms with Crippen molar-refractivity contribution in [3.63, 3.8) is 0 Å². The second-order valence-electron chi connectivity index (χ2n) is 4.83. The monoisotopic (exact) mass is 242 g/mol. The molecule has 1 rings (SSSR count). The summed E-state index contributed by atoms with van der Waals surface area (Å²) in [6.45, 7) is 6.21. The zero-order valence-corrected chi connectivity index (χ0v) is 10.8. The van der Waals surface area contributed by atoms with Crippen molar-refractivity contribution in [3.8, 4) is 0 Å². The van der Waals surface area contributed by atoms with E-state index in [1.165, 1.54) is 0 Å². The molecule has 5 nitrogen and oxygen atoms in total. The summed E-state index contributed by atoms with van der Waals surface area (Å²) in [7, 11) is 0. The number of ether oxygens (including phenoxy) is 1. The van der Waals surface area contributed by atoms with Crippen LogP contribution in [0.3, 0.4) is 0 Å². The van der Waals surface area contributed by atoms with Crippen LogP contribution in [0.15, 0.2) is 0 Å². The topological polar surface area (TPSA) is 81.4 Å². The van der Waals surface area contributed by atoms with Crippen LogP contribution in [0.5, 0.6) is 0 Å². The SMILES string of the molecule is CCC(NC(=O)[C@@H]1CCCO1)(C(N)=O)C(C)C. The van der Waals surface area contributed by atoms with Crippen molar-refractivity contribution in [3.05, 3.63) is 0 Å². The van der Waals surface area contributed by atoms with E-state index in [-0.39, 0.29) is 11.8 Å². The summed E-state index contributed by atoms with van der Waals surface area (Å²) < 4.78 is 5.30. The van der Waals surface area contributed by atoms with Crippen molar-refractivity contribution in [2.75, 3.05) is 6.61 Å². The van der Waals surface area contributed by atoms with Gasteiger partial charge in [-0.05, 0) is 25.2 Å². The lowest BCUT2D eigenvalue weighted by atomic mass is 9.83. The van der Waals surface area contributed by atoms with Gasteiger partial charge in [0.25, 0.3) is 0 Å². The third-order valence-electron chi connectivity index (χ3n) is 3.55. The Hall–Kier alpha value is -1.10. The van der Waals surface area contributed by atoms with Crippen LogP contribution < -0.4 is 11.1 Å². The van der Waals surface area contributed by atoms with Crippen LogP contribution in [0, 0.1) is 5.92 Å². The summed E-state index contributed by atoms with van der Waals surface area (Å²) in [5, 5.41) is 2.78. The minimum atomic E-state index is -0.969. The van der Waals surface area contributed by atoms with Crippen molar-refractivity contribution < 1.29 is 14.3 Å². The summed E-state index contributed by atoms with van der Waals surface area (Å²) in [4.78, 5) is 23.6. The van der Waals surface area contributed by atoms with Gasteiger partial charge in [0.2, 0.25) is 11.8 Å². The summed E-state index contributed by atoms with van der Waals surface area (Å²) >= 11 is 0. The largest absolute Gasteiger partial charge is 0.368 e. The quantitative estimate of drug-likeness (QED) is 0.739. The van der Waals surface area contributed by atoms with Gasteiger partial charge in [-0.15, -0.1) is 0 Å². The first kappa shape index (κ1) is 14.0. The maximum absolute atomic E-state index is 12.0. The average Bonchev–Trinajstić information content (AvgIpc) is 2.77. The zero-order chi connectivity index (χ0) is 13.1. The first-order valence-electron chi connectivity index (χ1n) is 6.17. The van der Waals surface area contributed by atoms with Gasteiger partial charge in [0, 0.05) is 6.61 Å². The lowest BCUT2D eigenvalue weighted by Gasteiger charge is -2.35. The van der Waals surface area contributed by atoms with E-state index >= 15 is 0 Å². The molecule has 3 N–H and O–H groups in total. The minimum absolute atomic E-state index is 0.0460. The summed E-state index contributed by atoms with van der Waals surface area (Å²) in [6.07, 6.45) is 1.65. The van der Waals surface area contributed by atoms with Gasteiger partial charge < -0.3 is 15.8 Å². The zero-order valence-electron chi connectivity index (χ0n) is 10.8. The Morgan fingerprint density at radius 1 is 1.53 bits per heavy atom. The third-order valence-corrected chi connectivity index (χ3v) is 3.55. The van der Waals surface area contributed by atoms with Gasteiger partial charge in [0.05, 0.1) is 0 Å². The number of nitrogens with two attached hydrogens (primary N) is 1. The second kappa shape index (κ2) is 5.49. The predicted octanol–water partition coefficient (Wildman–Crippen LogP) is 0.572. The first-order valence-corrected chi connectivity index (χ1v) is 6.17. The second-order valence-corrected chi connectivity index (χ2v) is 4.83. The molecule has 1 fully saturated rings. The van der Waals surface area contributed by atoms with Crippen molar-refractivity contribution in [2.24, 2.45) is 11.7 Å². The molecule has 1 saturated heterocycles. The standard InChI is InChI=1S/C12H22N2O3/c1-4-12(8(2)3,11(13)16)14-10(15)9-6-5-7-17-9/h8-9H,4-7H2,1-3H3,(H2,13,16)(H,14,15)/t9-,12?/m0/s1. The molecule has 1 heterocycles. The number of amides is 2. The fourth-order valence-corrected chi connectivity index (χ4v) is 2.25. The van der Waals surface area contributed by atoms with Crippen molar-refractivity contribution in [1.82, 2.24) is 5.32 Å². The molecule has 1 aliphatic rings. The van der Waals surface area contributed by atoms with Gasteiger partial charge in [-0.3, -0.25) is 9.59 Å². The Bertz CT molecular complexity index is 298. The fourth-order valence-electron chi connectivity index (χ4n) is 2.25. The number of hydrogen-bond donors (Lipinski definition) is 2. The lowest BCUT2D eigenvalue weighted by molar-refractivity contribution is -0.138. The van der Waals surface area contributed by atoms with Gasteiger partial charge >= 0.3 is 0 Å². The normalized spacial score (nSPS) is 23.4. The van der Waals surface area contributed by atoms with E-state index in [0.717, 1.165) is 6.42 Å². The van der Waals surface area contributed by atoms with Crippen LogP contribution in [0.1, 0.15) is 40.0 Å². The van der Waals surface area contributed by atoms with Gasteiger partial charge in [0.15, 0.2) is 0 Å². The number of hydrogen-bond acceptors (Lipinski definition) is 3. The molecule has 17 heavy (non-hydrogen) atoms. The molecular formula is C12H22N2O3. The molecule has 2 amide bonds. The summed E-state index contributed by atoms with van der Waals surface area (Å²) in [5.74, 6) is -0.756. The number of carbonyl (C=O) groups is 2. The minimum Gasteiger partial charge on any atom is -0.368 e. The van der Waals surface area contributed by atoms with Crippen LogP contribution in [-0.4, -0.2) is 30.1 Å². The Morgan fingerprint density at radius 3 is 2.53 bits per heavy atom. The molecule has 0 bridgehead atoms. The van der Waals surface area contributed by atoms with E-state index in [1.807, 2.05) is 20.8 Å². The molecule has 0 spiro atoms. The molecule has 0 aliphatic carbocycles. The van der Waals surface area contributed by atoms with Crippen molar-refractivity contribution in [1.29, 1.82) is 0 Å². The molecule has 2 atom stereocenters. The van der Waals surface area contributed by atoms with E-state index in [4.69, 9.17) is 10.5 Å². The van der Waals surface area contributed by atoms with Crippen LogP contribution in [0.2, 0.25) is 0 Å². The smallest absolute Gasteiger partial charge is 0.249 e. The molecule has 0 aromatic rings. The highest BCUT2D eigenvalue weighted by Crippen LogP contribution is 2.22. The van der Waals surface area contributed by atoms with Crippen molar-refractivity contribution >= 4 is 11.8 Å². The predicted molar refractivity (Wildman–Crippen MR) is 64.2 cm³/mol. The Morgan fingerprint density at radius 2 is 2.18 bits per heavy atom. The van der Waals surface area contributed by atoms with E-state index in [9.17, 15) is 9.59 Å². The summed E-state index contributed by atoms with van der Waals surface area (Å²) in [6, 6.07) is 0. The molecule has 1 aliphatic heterocycles. The van der Waals surface area contributed by atoms with E-state index in [2.05, 4.69) is 5.32 Å². The highest BCUT2D eigenvalue weighted by molar-refractivity contribution is 5.92. The fraction of sp³-hybridized carbons (Fsp3) is 0.833. The maximum Gasteiger partial charge on any atom is 0.249 e. The molecule has 0 saturated carbocycles. The summed E-state index contributed by atoms with van der Waals surface area (Å²) in [5.41, 5.74) is 4.47. The van der Waals surface area contributed by atoms with Gasteiger partial charge in [-0.2, -0.15) is 0 Å². The molecule has 5 heteroatoms. The molecule has 0 radical (unpaired) electrons. The van der Waals surface area contributed by atoms with Crippen LogP contribution in [0.4, 0.5) is 0 Å². The Labute approximate surface area is 102 Å². The van der Waals surface area contributed by atoms with Gasteiger partial charge in [-0.25, -0.2) is 0 Å².